The molecule has 0 saturated heterocycles. The van der Waals surface area contributed by atoms with E-state index in [0.29, 0.717) is 34.5 Å². The third-order valence-electron chi connectivity index (χ3n) is 5.29. The number of aromatic nitrogens is 3. The van der Waals surface area contributed by atoms with E-state index >= 15 is 0 Å². The van der Waals surface area contributed by atoms with Crippen molar-refractivity contribution in [2.45, 2.75) is 32.9 Å². The van der Waals surface area contributed by atoms with E-state index in [1.807, 2.05) is 19.9 Å². The van der Waals surface area contributed by atoms with Crippen molar-refractivity contribution in [2.24, 2.45) is 0 Å². The fraction of sp³-hybridized carbons (Fsp3) is 0.200. The zero-order valence-corrected chi connectivity index (χ0v) is 17.9. The van der Waals surface area contributed by atoms with Gasteiger partial charge in [0.25, 0.3) is 11.5 Å². The van der Waals surface area contributed by atoms with Crippen molar-refractivity contribution in [2.75, 3.05) is 0 Å². The number of nitrogens with one attached hydrogen (secondary N) is 1. The minimum atomic E-state index is -0.320. The first-order valence-corrected chi connectivity index (χ1v) is 10.5. The van der Waals surface area contributed by atoms with Gasteiger partial charge in [0, 0.05) is 23.9 Å². The van der Waals surface area contributed by atoms with Crippen LogP contribution in [0.4, 0.5) is 4.39 Å². The molecule has 7 heteroatoms. The van der Waals surface area contributed by atoms with Crippen molar-refractivity contribution >= 4 is 17.1 Å². The fourth-order valence-electron chi connectivity index (χ4n) is 3.59. The smallest absolute Gasteiger partial charge is 0.278 e. The molecule has 0 saturated carbocycles. The summed E-state index contributed by atoms with van der Waals surface area (Å²) in [6.45, 7) is 4.38. The lowest BCUT2D eigenvalue weighted by Crippen LogP contribution is -2.26. The summed E-state index contributed by atoms with van der Waals surface area (Å²) in [5.74, 6) is -0.577. The van der Waals surface area contributed by atoms with Crippen LogP contribution in [0.25, 0.3) is 22.4 Å². The van der Waals surface area contributed by atoms with Crippen LogP contribution in [0.5, 0.6) is 0 Å². The monoisotopic (exact) mass is 430 g/mol. The molecule has 1 N–H and O–H groups in total. The van der Waals surface area contributed by atoms with Crippen LogP contribution in [0.2, 0.25) is 0 Å². The van der Waals surface area contributed by atoms with E-state index in [-0.39, 0.29) is 23.3 Å². The van der Waals surface area contributed by atoms with Gasteiger partial charge in [-0.3, -0.25) is 14.2 Å². The quantitative estimate of drug-likeness (QED) is 0.489. The molecule has 4 rings (SSSR count). The van der Waals surface area contributed by atoms with Crippen LogP contribution in [0.1, 0.15) is 42.2 Å². The number of hydrogen-bond acceptors (Lipinski definition) is 4. The van der Waals surface area contributed by atoms with Crippen LogP contribution < -0.4 is 10.9 Å². The number of benzene rings is 2. The van der Waals surface area contributed by atoms with Crippen molar-refractivity contribution in [1.82, 2.24) is 19.9 Å². The summed E-state index contributed by atoms with van der Waals surface area (Å²) in [5.41, 5.74) is 3.22. The lowest BCUT2D eigenvalue weighted by molar-refractivity contribution is 0.0940. The lowest BCUT2D eigenvalue weighted by Gasteiger charge is -2.15. The Morgan fingerprint density at radius 1 is 1.09 bits per heavy atom. The molecule has 0 aliphatic rings. The average molecular weight is 430 g/mol. The Labute approximate surface area is 184 Å². The molecule has 0 unspecified atom stereocenters. The summed E-state index contributed by atoms with van der Waals surface area (Å²) in [4.78, 5) is 34.6. The van der Waals surface area contributed by atoms with Crippen molar-refractivity contribution < 1.29 is 9.18 Å². The van der Waals surface area contributed by atoms with E-state index in [0.717, 1.165) is 12.0 Å². The molecule has 0 fully saturated rings. The fourth-order valence-corrected chi connectivity index (χ4v) is 3.59. The second kappa shape index (κ2) is 9.09. The molecule has 6 nitrogen and oxygen atoms in total. The Morgan fingerprint density at radius 3 is 2.50 bits per heavy atom. The minimum Gasteiger partial charge on any atom is -0.346 e. The van der Waals surface area contributed by atoms with Gasteiger partial charge < -0.3 is 5.32 Å². The van der Waals surface area contributed by atoms with E-state index in [1.54, 1.807) is 53.2 Å². The predicted octanol–water partition coefficient (Wildman–Crippen LogP) is 4.50. The highest BCUT2D eigenvalue weighted by Crippen LogP contribution is 2.19. The molecule has 0 spiro atoms. The minimum absolute atomic E-state index is 0.208. The third kappa shape index (κ3) is 4.27. The van der Waals surface area contributed by atoms with Crippen molar-refractivity contribution in [1.29, 1.82) is 0 Å². The number of nitrogens with zero attached hydrogens (tertiary/aromatic N) is 3. The van der Waals surface area contributed by atoms with Gasteiger partial charge in [-0.1, -0.05) is 31.2 Å². The van der Waals surface area contributed by atoms with Gasteiger partial charge in [0.2, 0.25) is 0 Å². The van der Waals surface area contributed by atoms with E-state index < -0.39 is 0 Å². The highest BCUT2D eigenvalue weighted by molar-refractivity contribution is 5.95. The summed E-state index contributed by atoms with van der Waals surface area (Å²) in [6, 6.07) is 16.1. The standard InChI is InChI=1S/C25H23FN4O2/c1-3-15-30-23-21(5-4-14-27-23)29-22(25(30)32)18-6-8-19(9-7-18)24(31)28-16(2)17-10-12-20(26)13-11-17/h4-14,16H,3,15H2,1-2H3,(H,28,31)/t16-/m0/s1. The van der Waals surface area contributed by atoms with Crippen molar-refractivity contribution in [3.63, 3.8) is 0 Å². The molecular formula is C25H23FN4O2. The summed E-state index contributed by atoms with van der Waals surface area (Å²) in [5, 5.41) is 2.90. The number of aryl methyl sites for hydroxylation is 1. The summed E-state index contributed by atoms with van der Waals surface area (Å²) in [7, 11) is 0. The Balaban J connectivity index is 1.60. The highest BCUT2D eigenvalue weighted by Gasteiger charge is 2.15. The average Bonchev–Trinajstić information content (AvgIpc) is 2.81. The van der Waals surface area contributed by atoms with E-state index in [1.165, 1.54) is 12.1 Å². The SMILES string of the molecule is CCCn1c(=O)c(-c2ccc(C(=O)N[C@@H](C)c3ccc(F)cc3)cc2)nc2cccnc21. The molecule has 4 aromatic rings. The normalized spacial score (nSPS) is 12.0. The predicted molar refractivity (Wildman–Crippen MR) is 122 cm³/mol. The maximum absolute atomic E-state index is 13.1. The molecule has 0 radical (unpaired) electrons. The molecule has 32 heavy (non-hydrogen) atoms. The molecule has 1 amide bonds. The zero-order chi connectivity index (χ0) is 22.7. The maximum Gasteiger partial charge on any atom is 0.278 e. The third-order valence-corrected chi connectivity index (χ3v) is 5.29. The summed E-state index contributed by atoms with van der Waals surface area (Å²) < 4.78 is 14.8. The number of pyridine rings is 1. The number of hydrogen-bond donors (Lipinski definition) is 1. The van der Waals surface area contributed by atoms with Gasteiger partial charge in [-0.25, -0.2) is 14.4 Å². The molecule has 2 aromatic carbocycles. The molecule has 2 heterocycles. The number of amides is 1. The zero-order valence-electron chi connectivity index (χ0n) is 17.9. The van der Waals surface area contributed by atoms with Crippen LogP contribution >= 0.6 is 0 Å². The Morgan fingerprint density at radius 2 is 1.81 bits per heavy atom. The van der Waals surface area contributed by atoms with E-state index in [4.69, 9.17) is 0 Å². The van der Waals surface area contributed by atoms with E-state index in [9.17, 15) is 14.0 Å². The van der Waals surface area contributed by atoms with Crippen molar-refractivity contribution in [3.8, 4) is 11.3 Å². The highest BCUT2D eigenvalue weighted by atomic mass is 19.1. The maximum atomic E-state index is 13.1. The van der Waals surface area contributed by atoms with Crippen LogP contribution in [-0.2, 0) is 6.54 Å². The first kappa shape index (κ1) is 21.4. The number of halogens is 1. The van der Waals surface area contributed by atoms with Crippen LogP contribution in [0.3, 0.4) is 0 Å². The van der Waals surface area contributed by atoms with Gasteiger partial charge in [0.15, 0.2) is 5.65 Å². The lowest BCUT2D eigenvalue weighted by atomic mass is 10.1. The van der Waals surface area contributed by atoms with Gasteiger partial charge in [-0.05, 0) is 55.3 Å². The first-order valence-electron chi connectivity index (χ1n) is 10.5. The molecule has 0 aliphatic heterocycles. The Kier molecular flexibility index (Phi) is 6.07. The molecular weight excluding hydrogens is 407 g/mol. The second-order valence-corrected chi connectivity index (χ2v) is 7.59. The summed E-state index contributed by atoms with van der Waals surface area (Å²) >= 11 is 0. The molecule has 0 bridgehead atoms. The summed E-state index contributed by atoms with van der Waals surface area (Å²) in [6.07, 6.45) is 2.44. The first-order chi connectivity index (χ1) is 15.5. The van der Waals surface area contributed by atoms with Gasteiger partial charge >= 0.3 is 0 Å². The van der Waals surface area contributed by atoms with Crippen LogP contribution in [0.15, 0.2) is 71.7 Å². The van der Waals surface area contributed by atoms with Gasteiger partial charge in [-0.15, -0.1) is 0 Å². The van der Waals surface area contributed by atoms with Gasteiger partial charge in [-0.2, -0.15) is 0 Å². The molecule has 1 atom stereocenters. The van der Waals surface area contributed by atoms with Gasteiger partial charge in [0.05, 0.1) is 6.04 Å². The largest absolute Gasteiger partial charge is 0.346 e. The second-order valence-electron chi connectivity index (χ2n) is 7.59. The van der Waals surface area contributed by atoms with Crippen LogP contribution in [-0.4, -0.2) is 20.4 Å². The number of rotatable bonds is 6. The van der Waals surface area contributed by atoms with Crippen LogP contribution in [0, 0.1) is 5.82 Å². The number of fused-ring (bicyclic) bond motifs is 1. The van der Waals surface area contributed by atoms with Crippen molar-refractivity contribution in [3.05, 3.63) is 94.2 Å². The van der Waals surface area contributed by atoms with E-state index in [2.05, 4.69) is 15.3 Å². The Hall–Kier alpha value is -3.87. The molecule has 162 valence electrons. The topological polar surface area (TPSA) is 76.9 Å². The molecule has 0 aliphatic carbocycles. The Bertz CT molecular complexity index is 1310. The number of carbonyl (C=O) groups is 1. The molecule has 2 aromatic heterocycles. The van der Waals surface area contributed by atoms with Gasteiger partial charge in [0.1, 0.15) is 17.0 Å². The number of carbonyl (C=O) groups excluding carboxylic acids is 1.